The zero-order chi connectivity index (χ0) is 15.4. The van der Waals surface area contributed by atoms with Gasteiger partial charge in [0.25, 0.3) is 5.91 Å². The fourth-order valence-electron chi connectivity index (χ4n) is 1.75. The maximum atomic E-state index is 12.2. The van der Waals surface area contributed by atoms with Gasteiger partial charge in [0.15, 0.2) is 5.84 Å². The van der Waals surface area contributed by atoms with Gasteiger partial charge in [-0.2, -0.15) is 5.10 Å². The topological polar surface area (TPSA) is 106 Å². The van der Waals surface area contributed by atoms with E-state index in [0.717, 1.165) is 4.90 Å². The molecule has 0 radical (unpaired) electrons. The van der Waals surface area contributed by atoms with Crippen LogP contribution in [0.15, 0.2) is 40.5 Å². The van der Waals surface area contributed by atoms with Crippen LogP contribution in [-0.2, 0) is 7.05 Å². The summed E-state index contributed by atoms with van der Waals surface area (Å²) >= 11 is 1.60. The molecule has 0 aliphatic carbocycles. The van der Waals surface area contributed by atoms with Crippen molar-refractivity contribution in [2.75, 3.05) is 11.6 Å². The van der Waals surface area contributed by atoms with Crippen LogP contribution in [-0.4, -0.2) is 33.0 Å². The number of thioether (sulfide) groups is 1. The first-order chi connectivity index (χ1) is 10.1. The maximum Gasteiger partial charge on any atom is 0.256 e. The molecule has 1 heterocycles. The second-order valence-corrected chi connectivity index (χ2v) is 5.08. The Morgan fingerprint density at radius 2 is 2.10 bits per heavy atom. The number of benzene rings is 1. The lowest BCUT2D eigenvalue weighted by Crippen LogP contribution is -2.20. The molecule has 0 bridgehead atoms. The largest absolute Gasteiger partial charge is 0.409 e. The van der Waals surface area contributed by atoms with Gasteiger partial charge in [-0.3, -0.25) is 9.48 Å². The molecule has 0 saturated carbocycles. The lowest BCUT2D eigenvalue weighted by Gasteiger charge is -2.08. The summed E-state index contributed by atoms with van der Waals surface area (Å²) in [6.45, 7) is 0. The molecule has 0 atom stereocenters. The van der Waals surface area contributed by atoms with E-state index < -0.39 is 0 Å². The Kier molecular flexibility index (Phi) is 4.49. The van der Waals surface area contributed by atoms with Crippen molar-refractivity contribution in [1.29, 1.82) is 0 Å². The van der Waals surface area contributed by atoms with E-state index in [1.807, 2.05) is 18.4 Å². The lowest BCUT2D eigenvalue weighted by molar-refractivity contribution is 0.102. The number of amidine groups is 1. The number of nitrogens with one attached hydrogen (secondary N) is 1. The summed E-state index contributed by atoms with van der Waals surface area (Å²) in [5, 5.41) is 18.4. The highest BCUT2D eigenvalue weighted by atomic mass is 32.2. The summed E-state index contributed by atoms with van der Waals surface area (Å²) in [7, 11) is 1.65. The van der Waals surface area contributed by atoms with Crippen molar-refractivity contribution < 1.29 is 10.0 Å². The number of hydrogen-bond acceptors (Lipinski definition) is 5. The van der Waals surface area contributed by atoms with E-state index in [1.54, 1.807) is 30.9 Å². The predicted octanol–water partition coefficient (Wildman–Crippen LogP) is 1.49. The molecule has 0 unspecified atom stereocenters. The average Bonchev–Trinajstić information content (AvgIpc) is 2.87. The van der Waals surface area contributed by atoms with Crippen molar-refractivity contribution in [3.63, 3.8) is 0 Å². The summed E-state index contributed by atoms with van der Waals surface area (Å²) in [4.78, 5) is 13.3. The zero-order valence-corrected chi connectivity index (χ0v) is 12.4. The molecule has 7 nitrogen and oxygen atoms in total. The molecule has 1 aromatic carbocycles. The van der Waals surface area contributed by atoms with Gasteiger partial charge in [-0.05, 0) is 30.5 Å². The van der Waals surface area contributed by atoms with E-state index in [2.05, 4.69) is 15.6 Å². The summed E-state index contributed by atoms with van der Waals surface area (Å²) in [5.41, 5.74) is 6.42. The molecular formula is C13H15N5O2S. The van der Waals surface area contributed by atoms with Crippen LogP contribution in [0.3, 0.4) is 0 Å². The molecule has 21 heavy (non-hydrogen) atoms. The van der Waals surface area contributed by atoms with E-state index in [4.69, 9.17) is 10.9 Å². The number of amides is 1. The van der Waals surface area contributed by atoms with E-state index in [9.17, 15) is 4.79 Å². The minimum Gasteiger partial charge on any atom is -0.409 e. The summed E-state index contributed by atoms with van der Waals surface area (Å²) in [6, 6.07) is 7.21. The van der Waals surface area contributed by atoms with Crippen molar-refractivity contribution >= 4 is 29.3 Å². The molecule has 1 aromatic heterocycles. The number of aryl methyl sites for hydroxylation is 1. The smallest absolute Gasteiger partial charge is 0.256 e. The van der Waals surface area contributed by atoms with Crippen LogP contribution < -0.4 is 11.1 Å². The number of nitrogens with two attached hydrogens (primary N) is 1. The molecule has 0 aliphatic heterocycles. The van der Waals surface area contributed by atoms with Crippen LogP contribution in [0.25, 0.3) is 0 Å². The second kappa shape index (κ2) is 6.31. The van der Waals surface area contributed by atoms with E-state index in [0.29, 0.717) is 16.9 Å². The first-order valence-electron chi connectivity index (χ1n) is 6.02. The Balaban J connectivity index is 2.25. The number of rotatable bonds is 4. The molecular weight excluding hydrogens is 290 g/mol. The predicted molar refractivity (Wildman–Crippen MR) is 81.9 cm³/mol. The molecule has 0 aliphatic rings. The first-order valence-corrected chi connectivity index (χ1v) is 7.24. The van der Waals surface area contributed by atoms with Gasteiger partial charge in [-0.1, -0.05) is 5.16 Å². The molecule has 0 saturated heterocycles. The zero-order valence-electron chi connectivity index (χ0n) is 11.6. The monoisotopic (exact) mass is 305 g/mol. The van der Waals surface area contributed by atoms with Crippen LogP contribution in [0.1, 0.15) is 15.9 Å². The third kappa shape index (κ3) is 3.16. The molecule has 2 aromatic rings. The van der Waals surface area contributed by atoms with Crippen LogP contribution in [0.4, 0.5) is 5.82 Å². The number of carbonyl (C=O) groups excluding carboxylic acids is 1. The molecule has 4 N–H and O–H groups in total. The number of carbonyl (C=O) groups is 1. The molecule has 0 fully saturated rings. The molecule has 1 amide bonds. The fourth-order valence-corrected chi connectivity index (χ4v) is 2.16. The van der Waals surface area contributed by atoms with E-state index >= 15 is 0 Å². The third-order valence-corrected chi connectivity index (χ3v) is 3.65. The highest BCUT2D eigenvalue weighted by Crippen LogP contribution is 2.18. The summed E-state index contributed by atoms with van der Waals surface area (Å²) in [5.74, 6) is -0.0429. The van der Waals surface area contributed by atoms with Crippen molar-refractivity contribution in [2.24, 2.45) is 17.9 Å². The van der Waals surface area contributed by atoms with Gasteiger partial charge in [0.05, 0.1) is 11.8 Å². The van der Waals surface area contributed by atoms with Gasteiger partial charge < -0.3 is 16.3 Å². The third-order valence-electron chi connectivity index (χ3n) is 2.91. The van der Waals surface area contributed by atoms with Crippen LogP contribution in [0, 0.1) is 0 Å². The van der Waals surface area contributed by atoms with Crippen LogP contribution >= 0.6 is 11.8 Å². The summed E-state index contributed by atoms with van der Waals surface area (Å²) < 4.78 is 1.45. The second-order valence-electron chi connectivity index (χ2n) is 4.20. The Labute approximate surface area is 125 Å². The Hall–Kier alpha value is -2.48. The van der Waals surface area contributed by atoms with Crippen LogP contribution in [0.2, 0.25) is 0 Å². The van der Waals surface area contributed by atoms with Gasteiger partial charge in [0.1, 0.15) is 5.82 Å². The minimum absolute atomic E-state index is 0.115. The molecule has 2 rings (SSSR count). The minimum atomic E-state index is -0.293. The Morgan fingerprint density at radius 3 is 2.67 bits per heavy atom. The van der Waals surface area contributed by atoms with Crippen LogP contribution in [0.5, 0.6) is 0 Å². The summed E-state index contributed by atoms with van der Waals surface area (Å²) in [6.07, 6.45) is 3.38. The standard InChI is InChI=1S/C13H15N5O2S/c1-18-12(10(7-15-18)11(14)17-20)16-13(19)8-3-5-9(21-2)6-4-8/h3-7,20H,1-2H3,(H2,14,17)(H,16,19). The number of aromatic nitrogens is 2. The van der Waals surface area contributed by atoms with Crippen molar-refractivity contribution in [3.05, 3.63) is 41.6 Å². The van der Waals surface area contributed by atoms with Gasteiger partial charge in [-0.15, -0.1) is 11.8 Å². The number of anilines is 1. The first kappa shape index (κ1) is 14.9. The SMILES string of the molecule is CSc1ccc(C(=O)Nc2c(C(N)=NO)cnn2C)cc1. The normalized spacial score (nSPS) is 11.4. The van der Waals surface area contributed by atoms with E-state index in [1.165, 1.54) is 10.9 Å². The number of hydrogen-bond donors (Lipinski definition) is 3. The highest BCUT2D eigenvalue weighted by Gasteiger charge is 2.16. The number of nitrogens with zero attached hydrogens (tertiary/aromatic N) is 3. The molecule has 0 spiro atoms. The van der Waals surface area contributed by atoms with Gasteiger partial charge in [0, 0.05) is 17.5 Å². The van der Waals surface area contributed by atoms with Gasteiger partial charge in [0.2, 0.25) is 0 Å². The highest BCUT2D eigenvalue weighted by molar-refractivity contribution is 7.98. The van der Waals surface area contributed by atoms with Crippen molar-refractivity contribution in [2.45, 2.75) is 4.90 Å². The van der Waals surface area contributed by atoms with Gasteiger partial charge in [-0.25, -0.2) is 0 Å². The number of oxime groups is 1. The molecule has 110 valence electrons. The quantitative estimate of drug-likeness (QED) is 0.261. The van der Waals surface area contributed by atoms with Crippen molar-refractivity contribution in [1.82, 2.24) is 9.78 Å². The fraction of sp³-hybridized carbons (Fsp3) is 0.154. The van der Waals surface area contributed by atoms with Crippen molar-refractivity contribution in [3.8, 4) is 0 Å². The maximum absolute atomic E-state index is 12.2. The average molecular weight is 305 g/mol. The Bertz CT molecular complexity index is 678. The molecule has 8 heteroatoms. The van der Waals surface area contributed by atoms with E-state index in [-0.39, 0.29) is 11.7 Å². The lowest BCUT2D eigenvalue weighted by atomic mass is 10.2. The van der Waals surface area contributed by atoms with Gasteiger partial charge >= 0.3 is 0 Å². The Morgan fingerprint density at radius 1 is 1.43 bits per heavy atom.